The van der Waals surface area contributed by atoms with Crippen LogP contribution in [0.1, 0.15) is 31.7 Å². The molecule has 0 amide bonds. The average Bonchev–Trinajstić information content (AvgIpc) is 3.05. The third-order valence-electron chi connectivity index (χ3n) is 3.37. The van der Waals surface area contributed by atoms with E-state index in [1.54, 1.807) is 11.8 Å². The highest BCUT2D eigenvalue weighted by atomic mass is 32.2. The fourth-order valence-electron chi connectivity index (χ4n) is 2.37. The molecular formula is C15H26N6S. The Balaban J connectivity index is 1.77. The predicted molar refractivity (Wildman–Crippen MR) is 89.9 cm³/mol. The molecule has 0 aliphatic rings. The second kappa shape index (κ2) is 8.33. The van der Waals surface area contributed by atoms with Crippen LogP contribution in [0.4, 0.5) is 0 Å². The van der Waals surface area contributed by atoms with Crippen molar-refractivity contribution in [3.05, 3.63) is 23.8 Å². The molecule has 0 aliphatic heterocycles. The van der Waals surface area contributed by atoms with Crippen molar-refractivity contribution >= 4 is 11.8 Å². The molecule has 0 fully saturated rings. The number of thioether (sulfide) groups is 1. The number of rotatable bonds is 9. The molecule has 122 valence electrons. The fraction of sp³-hybridized carbons (Fsp3) is 0.667. The van der Waals surface area contributed by atoms with E-state index in [9.17, 15) is 0 Å². The van der Waals surface area contributed by atoms with Gasteiger partial charge in [-0.25, -0.2) is 0 Å². The first-order valence-corrected chi connectivity index (χ1v) is 8.97. The van der Waals surface area contributed by atoms with Crippen LogP contribution in [-0.2, 0) is 26.6 Å². The van der Waals surface area contributed by atoms with Gasteiger partial charge in [0, 0.05) is 38.3 Å². The molecule has 0 bridgehead atoms. The smallest absolute Gasteiger partial charge is 0.190 e. The molecule has 7 heteroatoms. The first kappa shape index (κ1) is 17.0. The Labute approximate surface area is 136 Å². The van der Waals surface area contributed by atoms with Crippen molar-refractivity contribution in [2.75, 3.05) is 12.8 Å². The summed E-state index contributed by atoms with van der Waals surface area (Å²) in [7, 11) is 1.94. The maximum Gasteiger partial charge on any atom is 0.190 e. The molecule has 6 nitrogen and oxygen atoms in total. The van der Waals surface area contributed by atoms with Crippen molar-refractivity contribution in [3.8, 4) is 0 Å². The van der Waals surface area contributed by atoms with Crippen molar-refractivity contribution in [2.24, 2.45) is 13.0 Å². The van der Waals surface area contributed by atoms with Crippen LogP contribution in [-0.4, -0.2) is 37.3 Å². The topological polar surface area (TPSA) is 60.6 Å². The van der Waals surface area contributed by atoms with E-state index in [4.69, 9.17) is 0 Å². The molecule has 2 aromatic heterocycles. The zero-order valence-corrected chi connectivity index (χ0v) is 14.7. The minimum Gasteiger partial charge on any atom is -0.313 e. The van der Waals surface area contributed by atoms with Gasteiger partial charge in [-0.15, -0.1) is 10.2 Å². The Morgan fingerprint density at radius 3 is 2.77 bits per heavy atom. The van der Waals surface area contributed by atoms with E-state index in [1.165, 1.54) is 5.56 Å². The maximum absolute atomic E-state index is 4.35. The third-order valence-corrected chi connectivity index (χ3v) is 4.03. The summed E-state index contributed by atoms with van der Waals surface area (Å²) < 4.78 is 4.09. The molecule has 2 heterocycles. The molecule has 0 spiro atoms. The second-order valence-corrected chi connectivity index (χ2v) is 6.68. The van der Waals surface area contributed by atoms with Gasteiger partial charge in [0.05, 0.1) is 6.20 Å². The molecule has 0 atom stereocenters. The summed E-state index contributed by atoms with van der Waals surface area (Å²) in [6.45, 7) is 7.27. The summed E-state index contributed by atoms with van der Waals surface area (Å²) in [5.41, 5.74) is 1.22. The van der Waals surface area contributed by atoms with Gasteiger partial charge in [0.25, 0.3) is 0 Å². The lowest BCUT2D eigenvalue weighted by atomic mass is 10.2. The van der Waals surface area contributed by atoms with Crippen molar-refractivity contribution in [2.45, 2.75) is 44.9 Å². The van der Waals surface area contributed by atoms with Crippen LogP contribution >= 0.6 is 11.8 Å². The van der Waals surface area contributed by atoms with E-state index in [0.29, 0.717) is 5.92 Å². The van der Waals surface area contributed by atoms with Crippen LogP contribution in [0, 0.1) is 5.92 Å². The van der Waals surface area contributed by atoms with Gasteiger partial charge >= 0.3 is 0 Å². The predicted octanol–water partition coefficient (Wildman–Crippen LogP) is 2.11. The largest absolute Gasteiger partial charge is 0.313 e. The SMILES string of the molecule is CSc1nnc(CCCNCc2cnn(C)c2)n1CC(C)C. The molecule has 0 radical (unpaired) electrons. The molecular weight excluding hydrogens is 296 g/mol. The van der Waals surface area contributed by atoms with E-state index in [0.717, 1.165) is 43.5 Å². The normalized spacial score (nSPS) is 11.5. The molecule has 0 aliphatic carbocycles. The van der Waals surface area contributed by atoms with E-state index in [-0.39, 0.29) is 0 Å². The lowest BCUT2D eigenvalue weighted by Crippen LogP contribution is -2.16. The number of nitrogens with zero attached hydrogens (tertiary/aromatic N) is 5. The van der Waals surface area contributed by atoms with E-state index < -0.39 is 0 Å². The lowest BCUT2D eigenvalue weighted by Gasteiger charge is -2.11. The number of nitrogens with one attached hydrogen (secondary N) is 1. The number of aryl methyl sites for hydroxylation is 2. The van der Waals surface area contributed by atoms with Crippen LogP contribution in [0.3, 0.4) is 0 Å². The van der Waals surface area contributed by atoms with Gasteiger partial charge in [-0.1, -0.05) is 25.6 Å². The molecule has 0 saturated carbocycles. The Bertz CT molecular complexity index is 574. The van der Waals surface area contributed by atoms with Crippen LogP contribution in [0.2, 0.25) is 0 Å². The van der Waals surface area contributed by atoms with Crippen LogP contribution in [0.5, 0.6) is 0 Å². The summed E-state index contributed by atoms with van der Waals surface area (Å²) in [5.74, 6) is 1.70. The highest BCUT2D eigenvalue weighted by molar-refractivity contribution is 7.98. The van der Waals surface area contributed by atoms with Crippen LogP contribution in [0.15, 0.2) is 17.6 Å². The van der Waals surface area contributed by atoms with Gasteiger partial charge in [-0.05, 0) is 25.1 Å². The molecule has 0 unspecified atom stereocenters. The number of hydrogen-bond donors (Lipinski definition) is 1. The quantitative estimate of drug-likeness (QED) is 0.566. The highest BCUT2D eigenvalue weighted by Gasteiger charge is 2.12. The zero-order chi connectivity index (χ0) is 15.9. The molecule has 1 N–H and O–H groups in total. The Morgan fingerprint density at radius 2 is 2.14 bits per heavy atom. The molecule has 0 saturated heterocycles. The average molecular weight is 322 g/mol. The van der Waals surface area contributed by atoms with Crippen LogP contribution in [0.25, 0.3) is 0 Å². The minimum absolute atomic E-state index is 0.601. The van der Waals surface area contributed by atoms with E-state index in [2.05, 4.69) is 45.3 Å². The second-order valence-electron chi connectivity index (χ2n) is 5.91. The summed E-state index contributed by atoms with van der Waals surface area (Å²) in [6.07, 6.45) is 8.01. The Morgan fingerprint density at radius 1 is 1.32 bits per heavy atom. The fourth-order valence-corrected chi connectivity index (χ4v) is 2.89. The van der Waals surface area contributed by atoms with Crippen molar-refractivity contribution in [1.82, 2.24) is 29.9 Å². The summed E-state index contributed by atoms with van der Waals surface area (Å²) in [6, 6.07) is 0. The third kappa shape index (κ3) is 4.84. The van der Waals surface area contributed by atoms with Crippen molar-refractivity contribution in [3.63, 3.8) is 0 Å². The van der Waals surface area contributed by atoms with E-state index >= 15 is 0 Å². The van der Waals surface area contributed by atoms with Gasteiger partial charge in [0.2, 0.25) is 0 Å². The lowest BCUT2D eigenvalue weighted by molar-refractivity contribution is 0.475. The van der Waals surface area contributed by atoms with Gasteiger partial charge in [0.15, 0.2) is 5.16 Å². The monoisotopic (exact) mass is 322 g/mol. The van der Waals surface area contributed by atoms with E-state index in [1.807, 2.05) is 24.1 Å². The van der Waals surface area contributed by atoms with Crippen molar-refractivity contribution in [1.29, 1.82) is 0 Å². The summed E-state index contributed by atoms with van der Waals surface area (Å²) in [5, 5.41) is 17.3. The molecule has 2 rings (SSSR count). The summed E-state index contributed by atoms with van der Waals surface area (Å²) >= 11 is 1.67. The molecule has 0 aromatic carbocycles. The standard InChI is InChI=1S/C15H26N6S/c1-12(2)10-21-14(18-19-15(21)22-4)6-5-7-16-8-13-9-17-20(3)11-13/h9,11-12,16H,5-8,10H2,1-4H3. The van der Waals surface area contributed by atoms with Gasteiger partial charge < -0.3 is 9.88 Å². The van der Waals surface area contributed by atoms with Gasteiger partial charge in [-0.3, -0.25) is 4.68 Å². The maximum atomic E-state index is 4.35. The van der Waals surface area contributed by atoms with Gasteiger partial charge in [0.1, 0.15) is 5.82 Å². The number of aromatic nitrogens is 5. The first-order chi connectivity index (χ1) is 10.6. The zero-order valence-electron chi connectivity index (χ0n) is 13.9. The first-order valence-electron chi connectivity index (χ1n) is 7.74. The number of hydrogen-bond acceptors (Lipinski definition) is 5. The highest BCUT2D eigenvalue weighted by Crippen LogP contribution is 2.16. The minimum atomic E-state index is 0.601. The van der Waals surface area contributed by atoms with Crippen LogP contribution < -0.4 is 5.32 Å². The van der Waals surface area contributed by atoms with Gasteiger partial charge in [-0.2, -0.15) is 5.10 Å². The van der Waals surface area contributed by atoms with Crippen molar-refractivity contribution < 1.29 is 0 Å². The Hall–Kier alpha value is -1.34. The molecule has 22 heavy (non-hydrogen) atoms. The summed E-state index contributed by atoms with van der Waals surface area (Å²) in [4.78, 5) is 0. The molecule has 2 aromatic rings. The Kier molecular flexibility index (Phi) is 6.45.